The Labute approximate surface area is 164 Å². The number of carbonyl (C=O) groups excluding carboxylic acids is 1. The smallest absolute Gasteiger partial charge is 0.224 e. The monoisotopic (exact) mass is 380 g/mol. The van der Waals surface area contributed by atoms with Crippen LogP contribution in [0.15, 0.2) is 59.1 Å². The highest BCUT2D eigenvalue weighted by molar-refractivity contribution is 5.92. The van der Waals surface area contributed by atoms with Gasteiger partial charge in [-0.1, -0.05) is 12.1 Å². The molecule has 0 saturated carbocycles. The van der Waals surface area contributed by atoms with Gasteiger partial charge in [-0.2, -0.15) is 0 Å². The van der Waals surface area contributed by atoms with Crippen LogP contribution in [-0.2, 0) is 11.2 Å². The molecule has 1 aromatic heterocycles. The van der Waals surface area contributed by atoms with Crippen LogP contribution in [0.3, 0.4) is 0 Å². The molecule has 28 heavy (non-hydrogen) atoms. The number of carbonyl (C=O) groups is 1. The van der Waals surface area contributed by atoms with E-state index in [1.54, 1.807) is 6.20 Å². The second-order valence-electron chi connectivity index (χ2n) is 6.05. The summed E-state index contributed by atoms with van der Waals surface area (Å²) in [5.74, 6) is 2.55. The standard InChI is InChI=1S/C22H24N2O4/c1-3-26-17-11-9-16(10-12-17)20-15-23-22(28-20)14-13-21(25)24-18-7-5-6-8-19(18)27-4-2/h5-12,15H,3-4,13-14H2,1-2H3,(H,24,25). The lowest BCUT2D eigenvalue weighted by atomic mass is 10.2. The fourth-order valence-corrected chi connectivity index (χ4v) is 2.73. The highest BCUT2D eigenvalue weighted by Gasteiger charge is 2.11. The zero-order valence-electron chi connectivity index (χ0n) is 16.1. The number of hydrogen-bond acceptors (Lipinski definition) is 5. The number of para-hydroxylation sites is 2. The van der Waals surface area contributed by atoms with E-state index in [1.165, 1.54) is 0 Å². The van der Waals surface area contributed by atoms with Gasteiger partial charge in [-0.3, -0.25) is 4.79 Å². The molecule has 0 aliphatic heterocycles. The van der Waals surface area contributed by atoms with Crippen molar-refractivity contribution in [2.24, 2.45) is 0 Å². The van der Waals surface area contributed by atoms with E-state index in [0.717, 1.165) is 11.3 Å². The lowest BCUT2D eigenvalue weighted by molar-refractivity contribution is -0.116. The van der Waals surface area contributed by atoms with Crippen LogP contribution < -0.4 is 14.8 Å². The second kappa shape index (κ2) is 9.60. The van der Waals surface area contributed by atoms with E-state index < -0.39 is 0 Å². The normalized spacial score (nSPS) is 10.5. The topological polar surface area (TPSA) is 73.6 Å². The first-order valence-corrected chi connectivity index (χ1v) is 9.39. The highest BCUT2D eigenvalue weighted by Crippen LogP contribution is 2.25. The molecular formula is C22H24N2O4. The van der Waals surface area contributed by atoms with Crippen LogP contribution in [0.1, 0.15) is 26.2 Å². The fourth-order valence-electron chi connectivity index (χ4n) is 2.73. The predicted molar refractivity (Wildman–Crippen MR) is 108 cm³/mol. The number of anilines is 1. The highest BCUT2D eigenvalue weighted by atomic mass is 16.5. The molecule has 0 bridgehead atoms. The molecule has 3 aromatic rings. The summed E-state index contributed by atoms with van der Waals surface area (Å²) in [6, 6.07) is 15.0. The minimum absolute atomic E-state index is 0.118. The molecule has 0 saturated heterocycles. The van der Waals surface area contributed by atoms with Crippen LogP contribution in [-0.4, -0.2) is 24.1 Å². The van der Waals surface area contributed by atoms with E-state index in [0.29, 0.717) is 42.7 Å². The second-order valence-corrected chi connectivity index (χ2v) is 6.05. The summed E-state index contributed by atoms with van der Waals surface area (Å²) >= 11 is 0. The van der Waals surface area contributed by atoms with E-state index in [2.05, 4.69) is 10.3 Å². The Morgan fingerprint density at radius 1 is 1.04 bits per heavy atom. The third-order valence-electron chi connectivity index (χ3n) is 4.03. The molecule has 6 nitrogen and oxygen atoms in total. The predicted octanol–water partition coefficient (Wildman–Crippen LogP) is 4.71. The molecule has 0 atom stereocenters. The summed E-state index contributed by atoms with van der Waals surface area (Å²) in [5, 5.41) is 2.87. The number of oxazole rings is 1. The molecular weight excluding hydrogens is 356 g/mol. The van der Waals surface area contributed by atoms with E-state index in [4.69, 9.17) is 13.9 Å². The molecule has 1 N–H and O–H groups in total. The molecule has 0 radical (unpaired) electrons. The van der Waals surface area contributed by atoms with Gasteiger partial charge in [0.15, 0.2) is 11.7 Å². The van der Waals surface area contributed by atoms with Crippen molar-refractivity contribution in [2.45, 2.75) is 26.7 Å². The lowest BCUT2D eigenvalue weighted by Gasteiger charge is -2.10. The molecule has 0 spiro atoms. The van der Waals surface area contributed by atoms with Crippen molar-refractivity contribution in [2.75, 3.05) is 18.5 Å². The Bertz CT molecular complexity index is 903. The molecule has 1 heterocycles. The number of nitrogens with zero attached hydrogens (tertiary/aromatic N) is 1. The van der Waals surface area contributed by atoms with Crippen molar-refractivity contribution < 1.29 is 18.7 Å². The van der Waals surface area contributed by atoms with Crippen molar-refractivity contribution in [3.63, 3.8) is 0 Å². The van der Waals surface area contributed by atoms with Crippen molar-refractivity contribution in [3.05, 3.63) is 60.6 Å². The lowest BCUT2D eigenvalue weighted by Crippen LogP contribution is -2.13. The molecule has 1 amide bonds. The van der Waals surface area contributed by atoms with Gasteiger partial charge in [0, 0.05) is 18.4 Å². The first kappa shape index (κ1) is 19.5. The molecule has 3 rings (SSSR count). The van der Waals surface area contributed by atoms with Crippen molar-refractivity contribution in [3.8, 4) is 22.8 Å². The molecule has 0 aliphatic rings. The van der Waals surface area contributed by atoms with Gasteiger partial charge in [-0.05, 0) is 50.2 Å². The van der Waals surface area contributed by atoms with Crippen molar-refractivity contribution >= 4 is 11.6 Å². The minimum Gasteiger partial charge on any atom is -0.494 e. The quantitative estimate of drug-likeness (QED) is 0.582. The maximum Gasteiger partial charge on any atom is 0.224 e. The third kappa shape index (κ3) is 5.13. The van der Waals surface area contributed by atoms with Gasteiger partial charge in [-0.25, -0.2) is 4.98 Å². The zero-order chi connectivity index (χ0) is 19.8. The van der Waals surface area contributed by atoms with Crippen LogP contribution in [0.2, 0.25) is 0 Å². The summed E-state index contributed by atoms with van der Waals surface area (Å²) in [6.07, 6.45) is 2.36. The Hall–Kier alpha value is -3.28. The number of hydrogen-bond donors (Lipinski definition) is 1. The number of nitrogens with one attached hydrogen (secondary N) is 1. The number of aromatic nitrogens is 1. The maximum atomic E-state index is 12.3. The van der Waals surface area contributed by atoms with Crippen LogP contribution in [0.5, 0.6) is 11.5 Å². The van der Waals surface area contributed by atoms with Gasteiger partial charge >= 0.3 is 0 Å². The number of amides is 1. The number of rotatable bonds is 9. The van der Waals surface area contributed by atoms with Crippen molar-refractivity contribution in [1.29, 1.82) is 0 Å². The molecule has 6 heteroatoms. The fraction of sp³-hybridized carbons (Fsp3) is 0.273. The molecule has 2 aromatic carbocycles. The first-order chi connectivity index (χ1) is 13.7. The van der Waals surface area contributed by atoms with Crippen LogP contribution in [0.25, 0.3) is 11.3 Å². The van der Waals surface area contributed by atoms with Gasteiger partial charge < -0.3 is 19.2 Å². The molecule has 146 valence electrons. The summed E-state index contributed by atoms with van der Waals surface area (Å²) < 4.78 is 16.7. The van der Waals surface area contributed by atoms with Gasteiger partial charge in [0.2, 0.25) is 5.91 Å². The van der Waals surface area contributed by atoms with Crippen molar-refractivity contribution in [1.82, 2.24) is 4.98 Å². The van der Waals surface area contributed by atoms with Crippen LogP contribution >= 0.6 is 0 Å². The zero-order valence-corrected chi connectivity index (χ0v) is 16.1. The molecule has 0 aliphatic carbocycles. The molecule has 0 fully saturated rings. The SMILES string of the molecule is CCOc1ccc(-c2cnc(CCC(=O)Nc3ccccc3OCC)o2)cc1. The summed E-state index contributed by atoms with van der Waals surface area (Å²) in [4.78, 5) is 16.5. The van der Waals surface area contributed by atoms with Gasteiger partial charge in [0.1, 0.15) is 11.5 Å². The van der Waals surface area contributed by atoms with E-state index in [-0.39, 0.29) is 12.3 Å². The third-order valence-corrected chi connectivity index (χ3v) is 4.03. The summed E-state index contributed by atoms with van der Waals surface area (Å²) in [5.41, 5.74) is 1.58. The van der Waals surface area contributed by atoms with E-state index >= 15 is 0 Å². The van der Waals surface area contributed by atoms with Crippen LogP contribution in [0.4, 0.5) is 5.69 Å². The Morgan fingerprint density at radius 2 is 1.79 bits per heavy atom. The number of ether oxygens (including phenoxy) is 2. The van der Waals surface area contributed by atoms with E-state index in [1.807, 2.05) is 62.4 Å². The first-order valence-electron chi connectivity index (χ1n) is 9.39. The summed E-state index contributed by atoms with van der Waals surface area (Å²) in [6.45, 7) is 5.02. The number of benzene rings is 2. The molecule has 0 unspecified atom stereocenters. The average Bonchev–Trinajstić information content (AvgIpc) is 3.18. The minimum atomic E-state index is -0.118. The summed E-state index contributed by atoms with van der Waals surface area (Å²) in [7, 11) is 0. The Kier molecular flexibility index (Phi) is 6.68. The maximum absolute atomic E-state index is 12.3. The number of aryl methyl sites for hydroxylation is 1. The van der Waals surface area contributed by atoms with Gasteiger partial charge in [0.05, 0.1) is 25.1 Å². The van der Waals surface area contributed by atoms with Gasteiger partial charge in [-0.15, -0.1) is 0 Å². The van der Waals surface area contributed by atoms with E-state index in [9.17, 15) is 4.79 Å². The van der Waals surface area contributed by atoms with Crippen LogP contribution in [0, 0.1) is 0 Å². The Balaban J connectivity index is 1.56. The average molecular weight is 380 g/mol. The Morgan fingerprint density at radius 3 is 2.54 bits per heavy atom. The van der Waals surface area contributed by atoms with Gasteiger partial charge in [0.25, 0.3) is 0 Å². The largest absolute Gasteiger partial charge is 0.494 e.